The van der Waals surface area contributed by atoms with Gasteiger partial charge in [0.05, 0.1) is 37.2 Å². The number of carbonyl (C=O) groups excluding carboxylic acids is 2. The Morgan fingerprint density at radius 3 is 2.25 bits per heavy atom. The molecular formula is C31H32N4O5. The molecule has 1 fully saturated rings. The number of likely N-dealkylation sites (tertiary alicyclic amines) is 1. The van der Waals surface area contributed by atoms with Gasteiger partial charge < -0.3 is 29.7 Å². The number of ether oxygens (including phenoxy) is 3. The summed E-state index contributed by atoms with van der Waals surface area (Å²) in [4.78, 5) is 32.7. The molecule has 0 aliphatic carbocycles. The summed E-state index contributed by atoms with van der Waals surface area (Å²) in [7, 11) is 4.66. The number of methoxy groups -OCH3 is 3. The number of carbonyl (C=O) groups is 2. The van der Waals surface area contributed by atoms with Crippen LogP contribution in [0.5, 0.6) is 11.5 Å². The van der Waals surface area contributed by atoms with E-state index in [4.69, 9.17) is 19.2 Å². The average molecular weight is 541 g/mol. The van der Waals surface area contributed by atoms with Gasteiger partial charge in [-0.3, -0.25) is 4.79 Å². The third-order valence-corrected chi connectivity index (χ3v) is 7.10. The predicted octanol–water partition coefficient (Wildman–Crippen LogP) is 4.68. The SMILES string of the molecule is COCC(=O)N1C[C@@H](NC(=O)Nc2cc3cc(OC)c(OC)cc3nc2-c2ccccc2)[C@H](c2ccccc2)C1. The van der Waals surface area contributed by atoms with E-state index in [9.17, 15) is 9.59 Å². The number of urea groups is 1. The summed E-state index contributed by atoms with van der Waals surface area (Å²) < 4.78 is 16.0. The molecular weight excluding hydrogens is 508 g/mol. The number of aromatic nitrogens is 1. The number of hydrogen-bond donors (Lipinski definition) is 2. The second kappa shape index (κ2) is 12.0. The smallest absolute Gasteiger partial charge is 0.319 e. The molecule has 9 heteroatoms. The largest absolute Gasteiger partial charge is 0.493 e. The van der Waals surface area contributed by atoms with Crippen LogP contribution in [0.25, 0.3) is 22.2 Å². The molecule has 2 atom stereocenters. The van der Waals surface area contributed by atoms with Crippen LogP contribution in [0.15, 0.2) is 78.9 Å². The van der Waals surface area contributed by atoms with Crippen molar-refractivity contribution in [3.8, 4) is 22.8 Å². The molecule has 40 heavy (non-hydrogen) atoms. The summed E-state index contributed by atoms with van der Waals surface area (Å²) in [6.07, 6.45) is 0. The van der Waals surface area contributed by atoms with E-state index in [2.05, 4.69) is 10.6 Å². The fourth-order valence-electron chi connectivity index (χ4n) is 5.15. The number of amides is 3. The van der Waals surface area contributed by atoms with Gasteiger partial charge in [-0.25, -0.2) is 9.78 Å². The van der Waals surface area contributed by atoms with E-state index in [1.807, 2.05) is 78.9 Å². The normalized spacial score (nSPS) is 16.5. The average Bonchev–Trinajstić information content (AvgIpc) is 3.40. The summed E-state index contributed by atoms with van der Waals surface area (Å²) >= 11 is 0. The van der Waals surface area contributed by atoms with E-state index in [0.717, 1.165) is 16.5 Å². The Morgan fingerprint density at radius 1 is 0.900 bits per heavy atom. The summed E-state index contributed by atoms with van der Waals surface area (Å²) in [5.41, 5.74) is 3.78. The second-order valence-corrected chi connectivity index (χ2v) is 9.60. The standard InChI is InChI=1S/C31H32N4O5/c1-38-19-29(36)35-17-23(20-10-6-4-7-11-20)26(18-35)34-31(37)33-25-14-22-15-27(39-2)28(40-3)16-24(22)32-30(25)21-12-8-5-9-13-21/h4-16,23,26H,17-19H2,1-3H3,(H2,33,34,37)/t23-,26+/m0/s1. The van der Waals surface area contributed by atoms with Crippen LogP contribution in [-0.4, -0.2) is 68.9 Å². The van der Waals surface area contributed by atoms with Crippen LogP contribution in [0.3, 0.4) is 0 Å². The van der Waals surface area contributed by atoms with Gasteiger partial charge in [0.25, 0.3) is 0 Å². The lowest BCUT2D eigenvalue weighted by Crippen LogP contribution is -2.43. The van der Waals surface area contributed by atoms with Gasteiger partial charge in [0.1, 0.15) is 6.61 Å². The first-order valence-electron chi connectivity index (χ1n) is 13.0. The van der Waals surface area contributed by atoms with Crippen molar-refractivity contribution in [2.45, 2.75) is 12.0 Å². The Kier molecular flexibility index (Phi) is 8.12. The Morgan fingerprint density at radius 2 is 1.57 bits per heavy atom. The third-order valence-electron chi connectivity index (χ3n) is 7.10. The summed E-state index contributed by atoms with van der Waals surface area (Å²) in [5.74, 6) is 0.966. The highest BCUT2D eigenvalue weighted by molar-refractivity contribution is 5.98. The predicted molar refractivity (Wildman–Crippen MR) is 154 cm³/mol. The van der Waals surface area contributed by atoms with Crippen molar-refractivity contribution in [1.29, 1.82) is 0 Å². The molecule has 0 unspecified atom stereocenters. The summed E-state index contributed by atoms with van der Waals surface area (Å²) in [5, 5.41) is 6.92. The Balaban J connectivity index is 1.46. The molecule has 2 heterocycles. The van der Waals surface area contributed by atoms with Gasteiger partial charge >= 0.3 is 6.03 Å². The van der Waals surface area contributed by atoms with E-state index < -0.39 is 0 Å². The number of pyridine rings is 1. The van der Waals surface area contributed by atoms with Crippen LogP contribution in [0, 0.1) is 0 Å². The highest BCUT2D eigenvalue weighted by Crippen LogP contribution is 2.36. The zero-order chi connectivity index (χ0) is 28.1. The van der Waals surface area contributed by atoms with Crippen molar-refractivity contribution >= 4 is 28.5 Å². The Bertz CT molecular complexity index is 1500. The molecule has 1 aliphatic rings. The zero-order valence-electron chi connectivity index (χ0n) is 22.7. The number of benzene rings is 3. The number of nitrogens with zero attached hydrogens (tertiary/aromatic N) is 2. The van der Waals surface area contributed by atoms with Crippen molar-refractivity contribution < 1.29 is 23.8 Å². The van der Waals surface area contributed by atoms with Crippen LogP contribution in [0.2, 0.25) is 0 Å². The van der Waals surface area contributed by atoms with Crippen LogP contribution >= 0.6 is 0 Å². The van der Waals surface area contributed by atoms with E-state index in [0.29, 0.717) is 41.5 Å². The van der Waals surface area contributed by atoms with Crippen molar-refractivity contribution in [2.24, 2.45) is 0 Å². The number of rotatable bonds is 8. The lowest BCUT2D eigenvalue weighted by Gasteiger charge is -2.21. The molecule has 206 valence electrons. The number of nitrogens with one attached hydrogen (secondary N) is 2. The highest BCUT2D eigenvalue weighted by Gasteiger charge is 2.37. The van der Waals surface area contributed by atoms with Crippen LogP contribution in [-0.2, 0) is 9.53 Å². The second-order valence-electron chi connectivity index (χ2n) is 9.60. The molecule has 1 saturated heterocycles. The minimum atomic E-state index is -0.384. The number of anilines is 1. The molecule has 1 aliphatic heterocycles. The number of hydrogen-bond acceptors (Lipinski definition) is 6. The minimum Gasteiger partial charge on any atom is -0.493 e. The van der Waals surface area contributed by atoms with E-state index in [-0.39, 0.29) is 30.5 Å². The first-order valence-corrected chi connectivity index (χ1v) is 13.0. The fourth-order valence-corrected chi connectivity index (χ4v) is 5.15. The van der Waals surface area contributed by atoms with E-state index in [1.165, 1.54) is 7.11 Å². The monoisotopic (exact) mass is 540 g/mol. The quantitative estimate of drug-likeness (QED) is 0.337. The van der Waals surface area contributed by atoms with Gasteiger partial charge in [-0.1, -0.05) is 60.7 Å². The van der Waals surface area contributed by atoms with E-state index >= 15 is 0 Å². The maximum atomic E-state index is 13.5. The molecule has 0 bridgehead atoms. The van der Waals surface area contributed by atoms with Gasteiger partial charge in [-0.2, -0.15) is 0 Å². The maximum absolute atomic E-state index is 13.5. The summed E-state index contributed by atoms with van der Waals surface area (Å²) in [6.45, 7) is 0.872. The summed E-state index contributed by atoms with van der Waals surface area (Å²) in [6, 6.07) is 24.4. The molecule has 0 spiro atoms. The first kappa shape index (κ1) is 27.0. The van der Waals surface area contributed by atoms with Crippen molar-refractivity contribution in [3.05, 3.63) is 84.4 Å². The molecule has 3 aromatic carbocycles. The van der Waals surface area contributed by atoms with E-state index in [1.54, 1.807) is 19.1 Å². The molecule has 2 N–H and O–H groups in total. The van der Waals surface area contributed by atoms with Gasteiger partial charge in [0, 0.05) is 43.1 Å². The fraction of sp³-hybridized carbons (Fsp3) is 0.258. The lowest BCUT2D eigenvalue weighted by atomic mass is 9.94. The van der Waals surface area contributed by atoms with Crippen LogP contribution < -0.4 is 20.1 Å². The first-order chi connectivity index (χ1) is 19.5. The zero-order valence-corrected chi connectivity index (χ0v) is 22.7. The van der Waals surface area contributed by atoms with Crippen molar-refractivity contribution in [1.82, 2.24) is 15.2 Å². The Labute approximate surface area is 233 Å². The van der Waals surface area contributed by atoms with Gasteiger partial charge in [-0.05, 0) is 17.7 Å². The third kappa shape index (κ3) is 5.69. The van der Waals surface area contributed by atoms with Gasteiger partial charge in [0.2, 0.25) is 5.91 Å². The Hall–Kier alpha value is -4.63. The molecule has 4 aromatic rings. The molecule has 1 aromatic heterocycles. The van der Waals surface area contributed by atoms with Gasteiger partial charge in [0.15, 0.2) is 11.5 Å². The van der Waals surface area contributed by atoms with Crippen LogP contribution in [0.1, 0.15) is 11.5 Å². The molecule has 0 radical (unpaired) electrons. The highest BCUT2D eigenvalue weighted by atomic mass is 16.5. The lowest BCUT2D eigenvalue weighted by molar-refractivity contribution is -0.134. The van der Waals surface area contributed by atoms with Gasteiger partial charge in [-0.15, -0.1) is 0 Å². The minimum absolute atomic E-state index is 0.00211. The number of fused-ring (bicyclic) bond motifs is 1. The topological polar surface area (TPSA) is 102 Å². The molecule has 9 nitrogen and oxygen atoms in total. The van der Waals surface area contributed by atoms with Crippen molar-refractivity contribution in [3.63, 3.8) is 0 Å². The molecule has 5 rings (SSSR count). The van der Waals surface area contributed by atoms with Crippen LogP contribution in [0.4, 0.5) is 10.5 Å². The molecule has 0 saturated carbocycles. The van der Waals surface area contributed by atoms with Crippen molar-refractivity contribution in [2.75, 3.05) is 46.3 Å². The maximum Gasteiger partial charge on any atom is 0.319 e. The molecule has 3 amide bonds.